The molecule has 1 aliphatic rings. The normalized spacial score (nSPS) is 12.9. The minimum Gasteiger partial charge on any atom is -0.493 e. The number of carboxylic acids is 1. The van der Waals surface area contributed by atoms with Gasteiger partial charge in [0, 0.05) is 51.8 Å². The van der Waals surface area contributed by atoms with Crippen LogP contribution in [0.1, 0.15) is 57.4 Å². The van der Waals surface area contributed by atoms with Gasteiger partial charge in [0.15, 0.2) is 0 Å². The van der Waals surface area contributed by atoms with Crippen molar-refractivity contribution in [2.75, 3.05) is 6.61 Å². The van der Waals surface area contributed by atoms with Gasteiger partial charge in [0.2, 0.25) is 0 Å². The molecule has 0 saturated heterocycles. The van der Waals surface area contributed by atoms with Gasteiger partial charge in [-0.05, 0) is 47.9 Å². The predicted octanol–water partition coefficient (Wildman–Crippen LogP) is 8.01. The van der Waals surface area contributed by atoms with Crippen molar-refractivity contribution < 1.29 is 14.6 Å². The molecule has 0 amide bonds. The van der Waals surface area contributed by atoms with E-state index in [-0.39, 0.29) is 5.41 Å². The van der Waals surface area contributed by atoms with E-state index in [1.54, 1.807) is 0 Å². The Morgan fingerprint density at radius 3 is 2.29 bits per heavy atom. The first-order valence-electron chi connectivity index (χ1n) is 11.6. The highest BCUT2D eigenvalue weighted by Crippen LogP contribution is 2.45. The van der Waals surface area contributed by atoms with Crippen LogP contribution >= 0.6 is 23.2 Å². The van der Waals surface area contributed by atoms with Crippen LogP contribution in [-0.2, 0) is 17.6 Å². The maximum Gasteiger partial charge on any atom is 0.300 e. The van der Waals surface area contributed by atoms with Gasteiger partial charge in [-0.15, -0.1) is 12.3 Å². The first-order valence-corrected chi connectivity index (χ1v) is 12.4. The second-order valence-electron chi connectivity index (χ2n) is 8.88. The van der Waals surface area contributed by atoms with Crippen molar-refractivity contribution in [1.29, 1.82) is 0 Å². The molecular weight excluding hydrogens is 481 g/mol. The van der Waals surface area contributed by atoms with E-state index in [2.05, 4.69) is 55.9 Å². The number of carboxylic acid groups (broad SMARTS) is 1. The largest absolute Gasteiger partial charge is 0.493 e. The van der Waals surface area contributed by atoms with E-state index in [9.17, 15) is 0 Å². The summed E-state index contributed by atoms with van der Waals surface area (Å²) in [7, 11) is 0. The number of allylic oxidation sites excluding steroid dienone is 2. The van der Waals surface area contributed by atoms with Gasteiger partial charge in [0.25, 0.3) is 5.97 Å². The molecule has 6 heteroatoms. The van der Waals surface area contributed by atoms with Crippen LogP contribution in [0.5, 0.6) is 5.75 Å². The molecule has 0 fully saturated rings. The molecule has 4 nitrogen and oxygen atoms in total. The zero-order chi connectivity index (χ0) is 26.0. The second kappa shape index (κ2) is 13.3. The van der Waals surface area contributed by atoms with E-state index in [0.29, 0.717) is 13.0 Å². The number of hydrogen-bond donors (Lipinski definition) is 2. The van der Waals surface area contributed by atoms with E-state index in [1.807, 2.05) is 24.3 Å². The molecule has 0 bridgehead atoms. The van der Waals surface area contributed by atoms with Gasteiger partial charge in [-0.3, -0.25) is 4.79 Å². The highest BCUT2D eigenvalue weighted by atomic mass is 35.5. The molecule has 0 aliphatic heterocycles. The molecule has 2 aromatic carbocycles. The average molecular weight is 514 g/mol. The molecule has 4 rings (SSSR count). The number of terminal acetylenes is 1. The molecule has 186 valence electrons. The van der Waals surface area contributed by atoms with E-state index >= 15 is 0 Å². The number of rotatable bonds is 7. The fourth-order valence-corrected chi connectivity index (χ4v) is 3.82. The summed E-state index contributed by atoms with van der Waals surface area (Å²) >= 11 is 11.7. The summed E-state index contributed by atoms with van der Waals surface area (Å²) in [5.74, 6) is 2.60. The third-order valence-corrected chi connectivity index (χ3v) is 6.13. The van der Waals surface area contributed by atoms with Crippen LogP contribution in [0.15, 0.2) is 53.6 Å². The summed E-state index contributed by atoms with van der Waals surface area (Å²) in [6, 6.07) is 14.3. The Hall–Kier alpha value is -2.87. The summed E-state index contributed by atoms with van der Waals surface area (Å²) in [4.78, 5) is 12.6. The maximum absolute atomic E-state index is 9.00. The van der Waals surface area contributed by atoms with Crippen LogP contribution in [0, 0.1) is 17.8 Å². The van der Waals surface area contributed by atoms with E-state index < -0.39 is 5.97 Å². The van der Waals surface area contributed by atoms with E-state index in [1.165, 1.54) is 22.2 Å². The summed E-state index contributed by atoms with van der Waals surface area (Å²) in [5, 5.41) is 10.4. The van der Waals surface area contributed by atoms with Gasteiger partial charge >= 0.3 is 0 Å². The van der Waals surface area contributed by atoms with Crippen LogP contribution in [0.25, 0.3) is 10.9 Å². The number of ether oxygens (including phenoxy) is 1. The molecule has 1 heterocycles. The fourth-order valence-electron chi connectivity index (χ4n) is 3.38. The number of aromatic nitrogens is 1. The number of nitrogens with one attached hydrogen (secondary N) is 1. The number of aryl methyl sites for hydroxylation is 1. The third-order valence-electron chi connectivity index (χ3n) is 5.30. The Bertz CT molecular complexity index is 1200. The molecular formula is C29H33Cl2NO3. The van der Waals surface area contributed by atoms with Crippen LogP contribution in [0.2, 0.25) is 5.02 Å². The van der Waals surface area contributed by atoms with Crippen LogP contribution < -0.4 is 4.74 Å². The van der Waals surface area contributed by atoms with Crippen LogP contribution in [-0.4, -0.2) is 22.7 Å². The van der Waals surface area contributed by atoms with Crippen LogP contribution in [0.3, 0.4) is 0 Å². The van der Waals surface area contributed by atoms with Gasteiger partial charge in [-0.25, -0.2) is 0 Å². The Morgan fingerprint density at radius 2 is 1.77 bits per heavy atom. The van der Waals surface area contributed by atoms with Gasteiger partial charge in [-0.2, -0.15) is 0 Å². The van der Waals surface area contributed by atoms with Crippen molar-refractivity contribution in [2.24, 2.45) is 5.41 Å². The monoisotopic (exact) mass is 513 g/mol. The molecule has 3 aromatic rings. The quantitative estimate of drug-likeness (QED) is 0.248. The van der Waals surface area contributed by atoms with Crippen LogP contribution in [0.4, 0.5) is 0 Å². The number of hydrogen-bond acceptors (Lipinski definition) is 2. The first-order chi connectivity index (χ1) is 16.6. The SMILES string of the molecule is C#CCCOc1ccc(Cc2[nH]c3ccc(Cl)cc3c2CCC)cc1.CC(=O)O.CC1(C)C=C1Cl. The molecule has 0 spiro atoms. The van der Waals surface area contributed by atoms with E-state index in [4.69, 9.17) is 44.3 Å². The minimum absolute atomic E-state index is 0.265. The lowest BCUT2D eigenvalue weighted by Crippen LogP contribution is -1.97. The number of fused-ring (bicyclic) bond motifs is 1. The second-order valence-corrected chi connectivity index (χ2v) is 9.72. The highest BCUT2D eigenvalue weighted by molar-refractivity contribution is 6.33. The van der Waals surface area contributed by atoms with Crippen molar-refractivity contribution in [3.8, 4) is 18.1 Å². The standard InChI is InChI=1S/C22H22ClNO.C5H7Cl.C2H4O2/c1-3-5-13-25-18-10-7-16(8-11-18)14-22-19(6-4-2)20-15-17(23)9-12-21(20)24-22;1-5(2)3-4(5)6;1-2(3)4/h1,7-12,15,24H,4-6,13-14H2,2H3;3H,1-2H3;1H3,(H,3,4). The van der Waals surface area contributed by atoms with Crippen molar-refractivity contribution >= 4 is 40.1 Å². The van der Waals surface area contributed by atoms with Crippen molar-refractivity contribution in [3.05, 3.63) is 75.4 Å². The van der Waals surface area contributed by atoms with Crippen molar-refractivity contribution in [3.63, 3.8) is 0 Å². The molecule has 0 unspecified atom stereocenters. The lowest BCUT2D eigenvalue weighted by atomic mass is 10.0. The highest BCUT2D eigenvalue weighted by Gasteiger charge is 2.31. The minimum atomic E-state index is -0.833. The summed E-state index contributed by atoms with van der Waals surface area (Å²) < 4.78 is 5.61. The Kier molecular flexibility index (Phi) is 10.8. The molecule has 1 aromatic heterocycles. The maximum atomic E-state index is 9.00. The first kappa shape index (κ1) is 28.4. The summed E-state index contributed by atoms with van der Waals surface area (Å²) in [5.41, 5.74) is 5.30. The number of aliphatic carboxylic acids is 1. The van der Waals surface area contributed by atoms with Gasteiger partial charge < -0.3 is 14.8 Å². The van der Waals surface area contributed by atoms with Gasteiger partial charge in [0.1, 0.15) is 5.75 Å². The number of aromatic amines is 1. The van der Waals surface area contributed by atoms with Crippen molar-refractivity contribution in [1.82, 2.24) is 4.98 Å². The summed E-state index contributed by atoms with van der Waals surface area (Å²) in [6.07, 6.45) is 10.9. The zero-order valence-electron chi connectivity index (χ0n) is 20.8. The Labute approximate surface area is 218 Å². The van der Waals surface area contributed by atoms with Gasteiger partial charge in [-0.1, -0.05) is 68.6 Å². The topological polar surface area (TPSA) is 62.3 Å². The number of benzene rings is 2. The van der Waals surface area contributed by atoms with E-state index in [0.717, 1.165) is 47.5 Å². The average Bonchev–Trinajstić information content (AvgIpc) is 3.20. The van der Waals surface area contributed by atoms with Gasteiger partial charge in [0.05, 0.1) is 6.61 Å². The smallest absolute Gasteiger partial charge is 0.300 e. The lowest BCUT2D eigenvalue weighted by molar-refractivity contribution is -0.134. The number of H-pyrrole nitrogens is 1. The molecule has 0 saturated carbocycles. The summed E-state index contributed by atoms with van der Waals surface area (Å²) in [6.45, 7) is 8.03. The lowest BCUT2D eigenvalue weighted by Gasteiger charge is -2.07. The Morgan fingerprint density at radius 1 is 1.17 bits per heavy atom. The third kappa shape index (κ3) is 9.36. The molecule has 1 aliphatic carbocycles. The van der Waals surface area contributed by atoms with Crippen molar-refractivity contribution in [2.45, 2.75) is 53.4 Å². The molecule has 0 radical (unpaired) electrons. The zero-order valence-corrected chi connectivity index (χ0v) is 22.3. The molecule has 35 heavy (non-hydrogen) atoms. The molecule has 0 atom stereocenters. The fraction of sp³-hybridized carbons (Fsp3) is 0.345. The number of halogens is 2. The molecule has 2 N–H and O–H groups in total. The number of carbonyl (C=O) groups is 1. The predicted molar refractivity (Wildman–Crippen MR) is 147 cm³/mol. The Balaban J connectivity index is 0.000000360.